The zero-order valence-electron chi connectivity index (χ0n) is 33.6. The molecule has 4 saturated carbocycles. The summed E-state index contributed by atoms with van der Waals surface area (Å²) in [7, 11) is -3.89. The molecule has 2 bridgehead atoms. The summed E-state index contributed by atoms with van der Waals surface area (Å²) in [5.74, 6) is -1.89. The van der Waals surface area contributed by atoms with E-state index in [9.17, 15) is 22.8 Å². The van der Waals surface area contributed by atoms with Crippen LogP contribution >= 0.6 is 0 Å². The molecule has 58 heavy (non-hydrogen) atoms. The molecule has 2 aromatic rings. The van der Waals surface area contributed by atoms with Gasteiger partial charge in [-0.2, -0.15) is 0 Å². The van der Waals surface area contributed by atoms with E-state index in [-0.39, 0.29) is 55.6 Å². The molecular weight excluding hydrogens is 761 g/mol. The number of aromatic nitrogens is 1. The lowest BCUT2D eigenvalue weighted by Crippen LogP contribution is -2.57. The largest absolute Gasteiger partial charge is 0.493 e. The third-order valence-corrected chi connectivity index (χ3v) is 15.4. The van der Waals surface area contributed by atoms with E-state index < -0.39 is 56.6 Å². The van der Waals surface area contributed by atoms with Crippen LogP contribution in [0.2, 0.25) is 0 Å². The average Bonchev–Trinajstić information content (AvgIpc) is 3.99. The maximum atomic E-state index is 15.0. The van der Waals surface area contributed by atoms with Crippen molar-refractivity contribution in [2.75, 3.05) is 13.2 Å². The SMILES string of the molecule is C=C[C@@H]1C[C@]1(NC(=O)[C@@H]1C[C@@H]2CN1C(=O)[C@H](C1CCCC1)CC(=O)O[C@@H]1CCC[C@H]1CCCCCc1c(nc3ccccc3c1OCC)O2)C(=O)NS(=O)(=O)C1CC1. The number of benzene rings is 1. The van der Waals surface area contributed by atoms with Crippen LogP contribution in [0.3, 0.4) is 0 Å². The van der Waals surface area contributed by atoms with Crippen molar-refractivity contribution >= 4 is 44.6 Å². The number of para-hydroxylation sites is 1. The van der Waals surface area contributed by atoms with Gasteiger partial charge in [-0.3, -0.25) is 23.9 Å². The minimum absolute atomic E-state index is 0.0467. The number of pyridine rings is 1. The van der Waals surface area contributed by atoms with Gasteiger partial charge in [-0.25, -0.2) is 13.4 Å². The highest BCUT2D eigenvalue weighted by atomic mass is 32.2. The van der Waals surface area contributed by atoms with E-state index in [1.54, 1.807) is 6.08 Å². The normalized spacial score (nSPS) is 30.9. The van der Waals surface area contributed by atoms with E-state index >= 15 is 4.79 Å². The van der Waals surface area contributed by atoms with Gasteiger partial charge in [0, 0.05) is 17.7 Å². The summed E-state index contributed by atoms with van der Waals surface area (Å²) in [6.07, 6.45) is 12.6. The lowest BCUT2D eigenvalue weighted by atomic mass is 9.86. The van der Waals surface area contributed by atoms with Gasteiger partial charge < -0.3 is 24.4 Å². The van der Waals surface area contributed by atoms with Crippen LogP contribution in [0.25, 0.3) is 10.9 Å². The highest BCUT2D eigenvalue weighted by molar-refractivity contribution is 7.91. The molecule has 0 spiro atoms. The summed E-state index contributed by atoms with van der Waals surface area (Å²) in [5.41, 5.74) is 0.0350. The van der Waals surface area contributed by atoms with Crippen molar-refractivity contribution < 1.29 is 41.8 Å². The van der Waals surface area contributed by atoms with Crippen molar-refractivity contribution in [3.63, 3.8) is 0 Å². The number of carbonyl (C=O) groups excluding carboxylic acids is 4. The number of sulfonamides is 1. The van der Waals surface area contributed by atoms with E-state index in [2.05, 4.69) is 16.6 Å². The second kappa shape index (κ2) is 16.8. The third-order valence-electron chi connectivity index (χ3n) is 13.6. The van der Waals surface area contributed by atoms with E-state index in [4.69, 9.17) is 19.2 Å². The molecule has 8 rings (SSSR count). The van der Waals surface area contributed by atoms with Crippen LogP contribution in [0.4, 0.5) is 0 Å². The number of fused-ring (bicyclic) bond motifs is 5. The van der Waals surface area contributed by atoms with Gasteiger partial charge in [0.2, 0.25) is 27.7 Å². The van der Waals surface area contributed by atoms with Crippen molar-refractivity contribution in [3.8, 4) is 11.6 Å². The highest BCUT2D eigenvalue weighted by Crippen LogP contribution is 2.46. The van der Waals surface area contributed by atoms with Crippen LogP contribution in [0.15, 0.2) is 36.9 Å². The summed E-state index contributed by atoms with van der Waals surface area (Å²) in [4.78, 5) is 63.6. The first kappa shape index (κ1) is 40.6. The number of carbonyl (C=O) groups is 4. The van der Waals surface area contributed by atoms with Gasteiger partial charge in [0.1, 0.15) is 29.5 Å². The van der Waals surface area contributed by atoms with Crippen molar-refractivity contribution in [1.82, 2.24) is 19.9 Å². The Morgan fingerprint density at radius 1 is 0.983 bits per heavy atom. The topological polar surface area (TPSA) is 170 Å². The number of nitrogens with zero attached hydrogens (tertiary/aromatic N) is 2. The second-order valence-corrected chi connectivity index (χ2v) is 19.5. The molecule has 2 N–H and O–H groups in total. The van der Waals surface area contributed by atoms with Crippen LogP contribution in [0, 0.1) is 23.7 Å². The Hall–Kier alpha value is -4.20. The Balaban J connectivity index is 1.15. The molecule has 2 aliphatic heterocycles. The van der Waals surface area contributed by atoms with Crippen molar-refractivity contribution in [1.29, 1.82) is 0 Å². The Kier molecular flexibility index (Phi) is 11.8. The summed E-state index contributed by atoms with van der Waals surface area (Å²) >= 11 is 0. The molecule has 0 radical (unpaired) electrons. The number of hydrogen-bond acceptors (Lipinski definition) is 10. The van der Waals surface area contributed by atoms with Gasteiger partial charge in [0.15, 0.2) is 0 Å². The molecule has 5 fully saturated rings. The number of rotatable bonds is 9. The molecule has 3 heterocycles. The Bertz CT molecular complexity index is 2030. The monoisotopic (exact) mass is 818 g/mol. The maximum absolute atomic E-state index is 15.0. The second-order valence-electron chi connectivity index (χ2n) is 17.5. The number of esters is 1. The molecule has 4 aliphatic carbocycles. The average molecular weight is 819 g/mol. The van der Waals surface area contributed by atoms with Crippen LogP contribution < -0.4 is 19.5 Å². The molecule has 6 aliphatic rings. The van der Waals surface area contributed by atoms with Crippen LogP contribution in [-0.2, 0) is 40.4 Å². The Morgan fingerprint density at radius 3 is 2.47 bits per heavy atom. The van der Waals surface area contributed by atoms with Gasteiger partial charge in [-0.05, 0) is 102 Å². The van der Waals surface area contributed by atoms with E-state index in [0.717, 1.165) is 87.3 Å². The minimum Gasteiger partial charge on any atom is -0.493 e. The van der Waals surface area contributed by atoms with Crippen molar-refractivity contribution in [2.24, 2.45) is 23.7 Å². The maximum Gasteiger partial charge on any atom is 0.306 e. The molecule has 314 valence electrons. The molecule has 1 saturated heterocycles. The number of nitrogens with one attached hydrogen (secondary N) is 2. The van der Waals surface area contributed by atoms with Gasteiger partial charge >= 0.3 is 5.97 Å². The smallest absolute Gasteiger partial charge is 0.306 e. The van der Waals surface area contributed by atoms with Crippen LogP contribution in [-0.4, -0.2) is 84.2 Å². The quantitative estimate of drug-likeness (QED) is 0.237. The van der Waals surface area contributed by atoms with Crippen molar-refractivity contribution in [3.05, 3.63) is 42.5 Å². The predicted octanol–water partition coefficient (Wildman–Crippen LogP) is 5.68. The Labute approximate surface area is 341 Å². The van der Waals surface area contributed by atoms with Gasteiger partial charge in [-0.15, -0.1) is 6.58 Å². The third kappa shape index (κ3) is 8.31. The summed E-state index contributed by atoms with van der Waals surface area (Å²) in [6, 6.07) is 6.72. The number of amides is 3. The van der Waals surface area contributed by atoms with Crippen LogP contribution in [0.5, 0.6) is 11.6 Å². The first-order chi connectivity index (χ1) is 28.0. The van der Waals surface area contributed by atoms with Crippen molar-refractivity contribution in [2.45, 2.75) is 145 Å². The molecule has 13 nitrogen and oxygen atoms in total. The molecule has 0 unspecified atom stereocenters. The summed E-state index contributed by atoms with van der Waals surface area (Å²) < 4.78 is 47.2. The Morgan fingerprint density at radius 2 is 1.72 bits per heavy atom. The predicted molar refractivity (Wildman–Crippen MR) is 216 cm³/mol. The molecule has 14 heteroatoms. The lowest BCUT2D eigenvalue weighted by molar-refractivity contribution is -0.156. The molecular formula is C44H58N4O9S. The summed E-state index contributed by atoms with van der Waals surface area (Å²) in [6.45, 7) is 6.28. The van der Waals surface area contributed by atoms with E-state index in [0.29, 0.717) is 37.3 Å². The van der Waals surface area contributed by atoms with Crippen LogP contribution in [0.1, 0.15) is 115 Å². The fraction of sp³-hybridized carbons (Fsp3) is 0.659. The van der Waals surface area contributed by atoms with Gasteiger partial charge in [-0.1, -0.05) is 43.9 Å². The number of ether oxygens (including phenoxy) is 3. The first-order valence-corrected chi connectivity index (χ1v) is 23.3. The first-order valence-electron chi connectivity index (χ1n) is 21.7. The van der Waals surface area contributed by atoms with Gasteiger partial charge in [0.05, 0.1) is 41.8 Å². The molecule has 1 aromatic carbocycles. The molecule has 1 aromatic heterocycles. The summed E-state index contributed by atoms with van der Waals surface area (Å²) in [5, 5.41) is 3.16. The van der Waals surface area contributed by atoms with E-state index in [1.807, 2.05) is 31.2 Å². The number of hydrogen-bond donors (Lipinski definition) is 2. The molecule has 7 atom stereocenters. The lowest BCUT2D eigenvalue weighted by Gasteiger charge is -2.32. The molecule has 3 amide bonds. The highest BCUT2D eigenvalue weighted by Gasteiger charge is 2.62. The fourth-order valence-corrected chi connectivity index (χ4v) is 11.5. The zero-order valence-corrected chi connectivity index (χ0v) is 34.4. The van der Waals surface area contributed by atoms with Gasteiger partial charge in [0.25, 0.3) is 5.91 Å². The van der Waals surface area contributed by atoms with E-state index in [1.165, 1.54) is 4.90 Å². The fourth-order valence-electron chi connectivity index (χ4n) is 10.2. The minimum atomic E-state index is -3.89. The zero-order chi connectivity index (χ0) is 40.6. The standard InChI is InChI=1S/C44H58N4O9S/c1-3-29-25-44(29,43(52)47-58(53,54)31-21-22-31)46-40(50)36-23-30-26-48(36)42(51)34(27-13-8-9-14-27)24-38(49)57-37-20-12-16-28(37)15-6-5-7-18-33-39(55-4-2)32-17-10-11-19-35(32)45-41(33)56-30/h3,10-11,17,19,27-31,34,36-37H,1,4-9,12-16,18,20-26H2,2H3,(H,46,50)(H,47,52)/t28-,29-,30-,34+,36+,37-,44-/m1/s1.